The number of carbonyl (C=O) groups excluding carboxylic acids is 6. The molecule has 0 radical (unpaired) electrons. The molecule has 1 aliphatic heterocycles. The third-order valence-electron chi connectivity index (χ3n) is 11.9. The summed E-state index contributed by atoms with van der Waals surface area (Å²) < 4.78 is 0. The maximum absolute atomic E-state index is 14.7. The van der Waals surface area contributed by atoms with E-state index in [4.69, 9.17) is 17.2 Å². The van der Waals surface area contributed by atoms with Gasteiger partial charge in [0.1, 0.15) is 30.2 Å². The van der Waals surface area contributed by atoms with E-state index in [1.807, 2.05) is 78.9 Å². The molecule has 1 aliphatic rings. The largest absolute Gasteiger partial charge is 0.368 e. The normalized spacial score (nSPS) is 16.1. The molecule has 18 heteroatoms. The summed E-state index contributed by atoms with van der Waals surface area (Å²) in [5, 5.41) is 13.1. The zero-order valence-electron chi connectivity index (χ0n) is 35.9. The fourth-order valence-electron chi connectivity index (χ4n) is 8.38. The Hall–Kier alpha value is -7.31. The highest BCUT2D eigenvalue weighted by Crippen LogP contribution is 2.25. The minimum absolute atomic E-state index is 0.0679. The standard InChI is InChI=1S/C47H56N12O6/c48-18-9-8-16-37(42(50)60)55-44(62)39(20-28-10-2-1-3-11-28)58-46(64)41(22-30-25-53-36-15-7-5-13-33(30)36)59-19-17-38(47(59)65)56-45(63)40(21-29-24-52-35-14-6-4-12-32(29)35)57-43(61)34(49)23-31-26-51-27-54-31/h1-7,10-15,24-27,34,37-41,52-53H,8-9,16-23,48-49H2,(H2,50,60)(H,51,54)(H,55,62)(H,56,63)(H,57,61)(H,58,64)/t34-,37-,38+,39-,40+,41-/m0/s1. The number of aromatic amines is 3. The van der Waals surface area contributed by atoms with E-state index >= 15 is 0 Å². The maximum Gasteiger partial charge on any atom is 0.245 e. The number of nitrogens with two attached hydrogens (primary N) is 3. The molecule has 340 valence electrons. The molecule has 18 nitrogen and oxygen atoms in total. The van der Waals surface area contributed by atoms with Crippen molar-refractivity contribution in [2.24, 2.45) is 17.2 Å². The summed E-state index contributed by atoms with van der Waals surface area (Å²) in [6.07, 6.45) is 8.61. The number of H-pyrrole nitrogens is 3. The number of primary amides is 1. The van der Waals surface area contributed by atoms with Crippen molar-refractivity contribution in [1.82, 2.24) is 46.1 Å². The highest BCUT2D eigenvalue weighted by molar-refractivity contribution is 5.98. The van der Waals surface area contributed by atoms with E-state index in [1.54, 1.807) is 18.6 Å². The number of hydrogen-bond donors (Lipinski definition) is 10. The molecule has 0 bridgehead atoms. The molecule has 0 spiro atoms. The number of rotatable bonds is 22. The van der Waals surface area contributed by atoms with E-state index in [2.05, 4.69) is 41.2 Å². The van der Waals surface area contributed by atoms with Gasteiger partial charge in [-0.2, -0.15) is 0 Å². The smallest absolute Gasteiger partial charge is 0.245 e. The Labute approximate surface area is 375 Å². The number of aromatic nitrogens is 4. The van der Waals surface area contributed by atoms with Crippen molar-refractivity contribution in [3.63, 3.8) is 0 Å². The van der Waals surface area contributed by atoms with E-state index < -0.39 is 71.7 Å². The monoisotopic (exact) mass is 884 g/mol. The van der Waals surface area contributed by atoms with Gasteiger partial charge in [-0.25, -0.2) is 4.98 Å². The highest BCUT2D eigenvalue weighted by Gasteiger charge is 2.42. The van der Waals surface area contributed by atoms with E-state index in [0.29, 0.717) is 25.1 Å². The molecule has 13 N–H and O–H groups in total. The van der Waals surface area contributed by atoms with Crippen LogP contribution < -0.4 is 38.5 Å². The van der Waals surface area contributed by atoms with Gasteiger partial charge in [0.05, 0.1) is 12.4 Å². The third-order valence-corrected chi connectivity index (χ3v) is 11.9. The summed E-state index contributed by atoms with van der Waals surface area (Å²) >= 11 is 0. The lowest BCUT2D eigenvalue weighted by molar-refractivity contribution is -0.140. The molecule has 6 aromatic rings. The van der Waals surface area contributed by atoms with Crippen molar-refractivity contribution in [1.29, 1.82) is 0 Å². The molecule has 3 aromatic heterocycles. The molecule has 1 saturated heterocycles. The number of para-hydroxylation sites is 2. The summed E-state index contributed by atoms with van der Waals surface area (Å²) in [6.45, 7) is 0.507. The van der Waals surface area contributed by atoms with Crippen LogP contribution in [0.25, 0.3) is 21.8 Å². The number of imidazole rings is 1. The number of nitrogens with one attached hydrogen (secondary N) is 7. The third kappa shape index (κ3) is 11.5. The summed E-state index contributed by atoms with van der Waals surface area (Å²) in [4.78, 5) is 98.3. The van der Waals surface area contributed by atoms with Crippen molar-refractivity contribution in [2.45, 2.75) is 87.6 Å². The zero-order chi connectivity index (χ0) is 45.9. The van der Waals surface area contributed by atoms with E-state index in [-0.39, 0.29) is 45.1 Å². The van der Waals surface area contributed by atoms with Crippen molar-refractivity contribution < 1.29 is 28.8 Å². The van der Waals surface area contributed by atoms with Crippen LogP contribution in [-0.4, -0.2) is 110 Å². The van der Waals surface area contributed by atoms with Gasteiger partial charge < -0.3 is 58.3 Å². The second kappa shape index (κ2) is 21.4. The first kappa shape index (κ1) is 45.7. The number of unbranched alkanes of at least 4 members (excludes halogenated alkanes) is 1. The first-order chi connectivity index (χ1) is 31.5. The lowest BCUT2D eigenvalue weighted by atomic mass is 10.0. The van der Waals surface area contributed by atoms with Crippen LogP contribution in [0.1, 0.15) is 48.1 Å². The number of fused-ring (bicyclic) bond motifs is 2. The van der Waals surface area contributed by atoms with Crippen LogP contribution >= 0.6 is 0 Å². The zero-order valence-corrected chi connectivity index (χ0v) is 35.9. The van der Waals surface area contributed by atoms with Crippen LogP contribution in [0.15, 0.2) is 104 Å². The Morgan fingerprint density at radius 2 is 1.32 bits per heavy atom. The van der Waals surface area contributed by atoms with Crippen molar-refractivity contribution >= 4 is 57.2 Å². The van der Waals surface area contributed by atoms with Gasteiger partial charge in [0.25, 0.3) is 0 Å². The summed E-state index contributed by atoms with van der Waals surface area (Å²) in [5.41, 5.74) is 22.2. The molecule has 7 rings (SSSR count). The lowest BCUT2D eigenvalue weighted by Gasteiger charge is -2.30. The first-order valence-electron chi connectivity index (χ1n) is 21.9. The molecule has 6 atom stereocenters. The molecule has 3 aromatic carbocycles. The maximum atomic E-state index is 14.7. The quantitative estimate of drug-likeness (QED) is 0.0437. The van der Waals surface area contributed by atoms with Crippen LogP contribution in [0.2, 0.25) is 0 Å². The Morgan fingerprint density at radius 3 is 1.97 bits per heavy atom. The minimum atomic E-state index is -1.16. The number of nitrogens with zero attached hydrogens (tertiary/aromatic N) is 2. The summed E-state index contributed by atoms with van der Waals surface area (Å²) in [5.74, 6) is -3.62. The number of hydrogen-bond acceptors (Lipinski definition) is 9. The highest BCUT2D eigenvalue weighted by atomic mass is 16.2. The Bertz CT molecular complexity index is 2590. The minimum Gasteiger partial charge on any atom is -0.368 e. The molecule has 0 saturated carbocycles. The number of likely N-dealkylation sites (tertiary alicyclic amines) is 1. The van der Waals surface area contributed by atoms with Gasteiger partial charge >= 0.3 is 0 Å². The average molecular weight is 885 g/mol. The van der Waals surface area contributed by atoms with Crippen LogP contribution in [-0.2, 0) is 54.5 Å². The molecule has 0 unspecified atom stereocenters. The summed E-state index contributed by atoms with van der Waals surface area (Å²) in [7, 11) is 0. The van der Waals surface area contributed by atoms with Gasteiger partial charge in [-0.3, -0.25) is 28.8 Å². The lowest BCUT2D eigenvalue weighted by Crippen LogP contribution is -2.58. The predicted molar refractivity (Wildman–Crippen MR) is 244 cm³/mol. The summed E-state index contributed by atoms with van der Waals surface area (Å²) in [6, 6.07) is 17.8. The van der Waals surface area contributed by atoms with E-state index in [0.717, 1.165) is 38.5 Å². The van der Waals surface area contributed by atoms with Crippen LogP contribution in [0.4, 0.5) is 0 Å². The number of carbonyl (C=O) groups is 6. The van der Waals surface area contributed by atoms with Crippen molar-refractivity contribution in [3.05, 3.63) is 126 Å². The first-order valence-corrected chi connectivity index (χ1v) is 21.9. The van der Waals surface area contributed by atoms with E-state index in [1.165, 1.54) is 11.2 Å². The Kier molecular flexibility index (Phi) is 15.0. The van der Waals surface area contributed by atoms with Gasteiger partial charge in [0.15, 0.2) is 0 Å². The SMILES string of the molecule is NCCCC[C@H](NC(=O)[C@H](Cc1ccccc1)NC(=O)[C@H](Cc1c[nH]c2ccccc12)N1CC[C@@H](NC(=O)[C@@H](Cc2c[nH]c3ccccc23)NC(=O)[C@@H](N)Cc2cnc[nH]2)C1=O)C(N)=O. The fraction of sp³-hybridized carbons (Fsp3) is 0.340. The van der Waals surface area contributed by atoms with Crippen LogP contribution in [0, 0.1) is 0 Å². The molecular weight excluding hydrogens is 829 g/mol. The van der Waals surface area contributed by atoms with Gasteiger partial charge in [0.2, 0.25) is 35.4 Å². The Morgan fingerprint density at radius 1 is 0.708 bits per heavy atom. The van der Waals surface area contributed by atoms with Gasteiger partial charge in [-0.1, -0.05) is 66.7 Å². The second-order valence-electron chi connectivity index (χ2n) is 16.5. The average Bonchev–Trinajstić information content (AvgIpc) is 4.13. The molecule has 1 fully saturated rings. The molecule has 65 heavy (non-hydrogen) atoms. The van der Waals surface area contributed by atoms with Crippen LogP contribution in [0.5, 0.6) is 0 Å². The molecule has 0 aliphatic carbocycles. The molecule has 6 amide bonds. The fourth-order valence-corrected chi connectivity index (χ4v) is 8.38. The van der Waals surface area contributed by atoms with Crippen molar-refractivity contribution in [3.8, 4) is 0 Å². The molecule has 4 heterocycles. The number of amides is 6. The predicted octanol–water partition coefficient (Wildman–Crippen LogP) is 1.12. The van der Waals surface area contributed by atoms with Gasteiger partial charge in [-0.15, -0.1) is 0 Å². The Balaban J connectivity index is 1.13. The van der Waals surface area contributed by atoms with Gasteiger partial charge in [-0.05, 0) is 61.1 Å². The topological polar surface area (TPSA) is 292 Å². The molecular formula is C47H56N12O6. The van der Waals surface area contributed by atoms with Gasteiger partial charge in [0, 0.05) is 78.3 Å². The van der Waals surface area contributed by atoms with Crippen molar-refractivity contribution in [2.75, 3.05) is 13.1 Å². The second-order valence-corrected chi connectivity index (χ2v) is 16.5. The van der Waals surface area contributed by atoms with E-state index in [9.17, 15) is 28.8 Å². The number of benzene rings is 3. The van der Waals surface area contributed by atoms with Crippen LogP contribution in [0.3, 0.4) is 0 Å².